The molecule has 2 nitrogen and oxygen atoms in total. The molecule has 0 aliphatic carbocycles. The minimum absolute atomic E-state index is 0.122. The number of nitrogens with two attached hydrogens (primary N) is 1. The maximum absolute atomic E-state index is 12.8. The molecule has 2 rings (SSSR count). The summed E-state index contributed by atoms with van der Waals surface area (Å²) in [6.07, 6.45) is -4.81. The Morgan fingerprint density at radius 1 is 0.895 bits per heavy atom. The molecule has 0 unspecified atom stereocenters. The van der Waals surface area contributed by atoms with Crippen LogP contribution >= 0.6 is 0 Å². The fraction of sp³-hybridized carbons (Fsp3) is 0.0769. The molecule has 0 heterocycles. The van der Waals surface area contributed by atoms with Crippen LogP contribution in [0.4, 0.5) is 23.2 Å². The summed E-state index contributed by atoms with van der Waals surface area (Å²) >= 11 is 0. The largest absolute Gasteiger partial charge is 0.573 e. The molecule has 0 amide bonds. The number of anilines is 1. The Labute approximate surface area is 106 Å². The summed E-state index contributed by atoms with van der Waals surface area (Å²) in [4.78, 5) is 0. The van der Waals surface area contributed by atoms with Gasteiger partial charge in [0, 0.05) is 0 Å². The normalized spacial score (nSPS) is 11.4. The zero-order chi connectivity index (χ0) is 14.0. The van der Waals surface area contributed by atoms with Gasteiger partial charge in [-0.2, -0.15) is 0 Å². The highest BCUT2D eigenvalue weighted by Gasteiger charge is 2.32. The Morgan fingerprint density at radius 3 is 2.05 bits per heavy atom. The number of alkyl halides is 3. The molecule has 19 heavy (non-hydrogen) atoms. The average molecular weight is 271 g/mol. The van der Waals surface area contributed by atoms with Crippen LogP contribution in [0.3, 0.4) is 0 Å². The summed E-state index contributed by atoms with van der Waals surface area (Å²) in [6.45, 7) is 0. The standard InChI is InChI=1S/C13H9F4NO/c14-10-4-1-8(2-5-10)9-3-6-11(18)12(7-9)19-13(15,16)17/h1-7H,18H2. The lowest BCUT2D eigenvalue weighted by Crippen LogP contribution is -2.18. The van der Waals surface area contributed by atoms with Crippen LogP contribution in [0.15, 0.2) is 42.5 Å². The number of benzene rings is 2. The predicted molar refractivity (Wildman–Crippen MR) is 62.9 cm³/mol. The zero-order valence-electron chi connectivity index (χ0n) is 9.54. The molecule has 0 aliphatic rings. The number of hydrogen-bond donors (Lipinski definition) is 1. The molecule has 2 N–H and O–H groups in total. The van der Waals surface area contributed by atoms with Gasteiger partial charge in [0.25, 0.3) is 0 Å². The van der Waals surface area contributed by atoms with Gasteiger partial charge in [-0.05, 0) is 35.4 Å². The summed E-state index contributed by atoms with van der Waals surface area (Å²) in [5.74, 6) is -0.903. The molecule has 0 bridgehead atoms. The van der Waals surface area contributed by atoms with Crippen molar-refractivity contribution in [2.45, 2.75) is 6.36 Å². The van der Waals surface area contributed by atoms with Gasteiger partial charge >= 0.3 is 6.36 Å². The quantitative estimate of drug-likeness (QED) is 0.662. The fourth-order valence-electron chi connectivity index (χ4n) is 1.57. The van der Waals surface area contributed by atoms with Gasteiger partial charge in [-0.1, -0.05) is 18.2 Å². The number of nitrogen functional groups attached to an aromatic ring is 1. The number of ether oxygens (including phenoxy) is 1. The lowest BCUT2D eigenvalue weighted by molar-refractivity contribution is -0.274. The van der Waals surface area contributed by atoms with Crippen LogP contribution in [0, 0.1) is 5.82 Å². The molecule has 0 aromatic heterocycles. The van der Waals surface area contributed by atoms with Crippen molar-refractivity contribution in [3.05, 3.63) is 48.3 Å². The SMILES string of the molecule is Nc1ccc(-c2ccc(F)cc2)cc1OC(F)(F)F. The molecule has 0 fully saturated rings. The van der Waals surface area contributed by atoms with Crippen molar-refractivity contribution in [1.82, 2.24) is 0 Å². The van der Waals surface area contributed by atoms with E-state index in [1.807, 2.05) is 0 Å². The van der Waals surface area contributed by atoms with Gasteiger partial charge in [0.15, 0.2) is 5.75 Å². The highest BCUT2D eigenvalue weighted by molar-refractivity contribution is 5.69. The van der Waals surface area contributed by atoms with E-state index in [0.29, 0.717) is 11.1 Å². The first-order valence-electron chi connectivity index (χ1n) is 5.26. The van der Waals surface area contributed by atoms with E-state index in [2.05, 4.69) is 4.74 Å². The van der Waals surface area contributed by atoms with Gasteiger partial charge in [0.2, 0.25) is 0 Å². The fourth-order valence-corrected chi connectivity index (χ4v) is 1.57. The van der Waals surface area contributed by atoms with Crippen molar-refractivity contribution >= 4 is 5.69 Å². The monoisotopic (exact) mass is 271 g/mol. The highest BCUT2D eigenvalue weighted by Crippen LogP contribution is 2.32. The van der Waals surface area contributed by atoms with Crippen LogP contribution in [-0.4, -0.2) is 6.36 Å². The Hall–Kier alpha value is -2.24. The molecule has 2 aromatic rings. The Morgan fingerprint density at radius 2 is 1.47 bits per heavy atom. The van der Waals surface area contributed by atoms with Crippen LogP contribution in [0.5, 0.6) is 5.75 Å². The summed E-state index contributed by atoms with van der Waals surface area (Å²) in [6, 6.07) is 9.35. The molecule has 100 valence electrons. The molecular weight excluding hydrogens is 262 g/mol. The number of halogens is 4. The zero-order valence-corrected chi connectivity index (χ0v) is 9.54. The van der Waals surface area contributed by atoms with E-state index in [9.17, 15) is 17.6 Å². The van der Waals surface area contributed by atoms with Gasteiger partial charge < -0.3 is 10.5 Å². The summed E-state index contributed by atoms with van der Waals surface area (Å²) in [5, 5.41) is 0. The molecule has 6 heteroatoms. The van der Waals surface area contributed by atoms with Gasteiger partial charge in [0.05, 0.1) is 5.69 Å². The lowest BCUT2D eigenvalue weighted by atomic mass is 10.0. The van der Waals surface area contributed by atoms with Crippen LogP contribution < -0.4 is 10.5 Å². The molecule has 2 aromatic carbocycles. The first-order valence-corrected chi connectivity index (χ1v) is 5.26. The second-order valence-corrected chi connectivity index (χ2v) is 3.81. The third-order valence-corrected chi connectivity index (χ3v) is 2.42. The molecule has 0 aliphatic heterocycles. The second-order valence-electron chi connectivity index (χ2n) is 3.81. The van der Waals surface area contributed by atoms with Crippen molar-refractivity contribution in [3.63, 3.8) is 0 Å². The van der Waals surface area contributed by atoms with E-state index in [1.165, 1.54) is 36.4 Å². The molecular formula is C13H9F4NO. The maximum atomic E-state index is 12.8. The van der Waals surface area contributed by atoms with Crippen LogP contribution in [-0.2, 0) is 0 Å². The minimum atomic E-state index is -4.81. The molecule has 0 radical (unpaired) electrons. The van der Waals surface area contributed by atoms with E-state index in [4.69, 9.17) is 5.73 Å². The first kappa shape index (κ1) is 13.2. The molecule has 0 saturated heterocycles. The minimum Gasteiger partial charge on any atom is -0.404 e. The van der Waals surface area contributed by atoms with Crippen molar-refractivity contribution in [2.24, 2.45) is 0 Å². The van der Waals surface area contributed by atoms with Gasteiger partial charge in [0.1, 0.15) is 5.82 Å². The smallest absolute Gasteiger partial charge is 0.404 e. The van der Waals surface area contributed by atoms with E-state index in [1.54, 1.807) is 0 Å². The van der Waals surface area contributed by atoms with Crippen molar-refractivity contribution < 1.29 is 22.3 Å². The van der Waals surface area contributed by atoms with E-state index in [-0.39, 0.29) is 5.69 Å². The first-order chi connectivity index (χ1) is 8.85. The summed E-state index contributed by atoms with van der Waals surface area (Å²) < 4.78 is 53.1. The van der Waals surface area contributed by atoms with Crippen molar-refractivity contribution in [2.75, 3.05) is 5.73 Å². The van der Waals surface area contributed by atoms with Gasteiger partial charge in [-0.15, -0.1) is 13.2 Å². The summed E-state index contributed by atoms with van der Waals surface area (Å²) in [5.41, 5.74) is 6.31. The predicted octanol–water partition coefficient (Wildman–Crippen LogP) is 3.97. The third-order valence-electron chi connectivity index (χ3n) is 2.42. The van der Waals surface area contributed by atoms with Crippen molar-refractivity contribution in [3.8, 4) is 16.9 Å². The topological polar surface area (TPSA) is 35.2 Å². The molecule has 0 atom stereocenters. The van der Waals surface area contributed by atoms with Crippen LogP contribution in [0.1, 0.15) is 0 Å². The molecule has 0 spiro atoms. The van der Waals surface area contributed by atoms with E-state index in [0.717, 1.165) is 6.07 Å². The Balaban J connectivity index is 2.38. The van der Waals surface area contributed by atoms with E-state index < -0.39 is 17.9 Å². The Bertz CT molecular complexity index is 578. The molecule has 0 saturated carbocycles. The van der Waals surface area contributed by atoms with Crippen LogP contribution in [0.25, 0.3) is 11.1 Å². The van der Waals surface area contributed by atoms with Gasteiger partial charge in [-0.25, -0.2) is 4.39 Å². The summed E-state index contributed by atoms with van der Waals surface area (Å²) in [7, 11) is 0. The van der Waals surface area contributed by atoms with Crippen LogP contribution in [0.2, 0.25) is 0 Å². The number of hydrogen-bond acceptors (Lipinski definition) is 2. The van der Waals surface area contributed by atoms with Gasteiger partial charge in [-0.3, -0.25) is 0 Å². The third kappa shape index (κ3) is 3.37. The second kappa shape index (κ2) is 4.79. The maximum Gasteiger partial charge on any atom is 0.573 e. The lowest BCUT2D eigenvalue weighted by Gasteiger charge is -2.12. The highest BCUT2D eigenvalue weighted by atomic mass is 19.4. The van der Waals surface area contributed by atoms with E-state index >= 15 is 0 Å². The number of rotatable bonds is 2. The average Bonchev–Trinajstić information content (AvgIpc) is 2.31. The van der Waals surface area contributed by atoms with Crippen molar-refractivity contribution in [1.29, 1.82) is 0 Å². The Kier molecular flexibility index (Phi) is 3.33.